The molecular formula is C53H88N4O45S2. The Hall–Kier alpha value is -4.15. The molecule has 0 radical (unpaired) electrons. The van der Waals surface area contributed by atoms with E-state index in [0.29, 0.717) is 0 Å². The molecule has 104 heavy (non-hydrogen) atoms. The predicted molar refractivity (Wildman–Crippen MR) is 316 cm³/mol. The fourth-order valence-electron chi connectivity index (χ4n) is 12.5. The van der Waals surface area contributed by atoms with Gasteiger partial charge in [0.15, 0.2) is 37.7 Å². The number of aliphatic hydroxyl groups excluding tert-OH is 18. The minimum absolute atomic E-state index is 0.867. The van der Waals surface area contributed by atoms with E-state index >= 15 is 0 Å². The summed E-state index contributed by atoms with van der Waals surface area (Å²) in [6.07, 6.45) is -69.7. The zero-order valence-corrected chi connectivity index (χ0v) is 56.5. The third-order valence-electron chi connectivity index (χ3n) is 17.5. The second kappa shape index (κ2) is 36.6. The van der Waals surface area contributed by atoms with Crippen molar-refractivity contribution < 1.29 is 217 Å². The first-order valence-electron chi connectivity index (χ1n) is 31.5. The van der Waals surface area contributed by atoms with Crippen LogP contribution in [0, 0.1) is 0 Å². The summed E-state index contributed by atoms with van der Waals surface area (Å²) in [6.45, 7) is -5.00. The van der Waals surface area contributed by atoms with Gasteiger partial charge in [0.2, 0.25) is 23.6 Å². The summed E-state index contributed by atoms with van der Waals surface area (Å²) in [5, 5.41) is 218. The molecule has 602 valence electrons. The molecule has 51 heteroatoms. The highest BCUT2D eigenvalue weighted by molar-refractivity contribution is 7.81. The van der Waals surface area contributed by atoms with E-state index in [1.165, 1.54) is 0 Å². The molecular weight excluding hydrogens is 1480 g/mol. The molecule has 0 aromatic heterocycles. The van der Waals surface area contributed by atoms with E-state index in [9.17, 15) is 147 Å². The third-order valence-corrected chi connectivity index (χ3v) is 18.4. The number of ether oxygens (including phenoxy) is 13. The lowest BCUT2D eigenvalue weighted by molar-refractivity contribution is -0.382. The lowest BCUT2D eigenvalue weighted by atomic mass is 9.88. The molecule has 0 saturated carbocycles. The molecule has 36 atom stereocenters. The van der Waals surface area contributed by atoms with Gasteiger partial charge < -0.3 is 180 Å². The summed E-state index contributed by atoms with van der Waals surface area (Å²) in [5.41, 5.74) is 0. The second-order valence-electron chi connectivity index (χ2n) is 25.0. The number of carboxylic acids is 1. The van der Waals surface area contributed by atoms with Crippen molar-refractivity contribution >= 4 is 50.4 Å². The number of hydrogen-bond donors (Lipinski definition) is 25. The average Bonchev–Trinajstić information content (AvgIpc) is 0.755. The Bertz CT molecular complexity index is 3080. The molecule has 7 heterocycles. The SMILES string of the molecule is CC(=O)N[C@H]1[C@H](O[C@H]2[C@@H](O)[C@@H](CO)O[C@@H](O[C@H]3[C@H](O)[C@@H](NC(C)=O)[C@H](OC[C@H]4OC(O)[C@H](NC(C)=O)[C@@H](O[C@@H]5O[C@H](CO)[C@H](O)[C@H](O[C@]6(C(=O)O)C[C@H](O)[C@@H](NC(C)=O)[C@H]([C@H](O)[C@H](O)CO)O6)[C@H]5O)[C@H]4O)O[C@@H]3COS(=O)(=O)O)[C@@H]2O)O[C@H](COS(=O)(=O)O)[C@@H](O[C@@H]2O[C@H](CO)[C@H](O)[C@H](O)[C@H]2O)[C@@H]1O. The monoisotopic (exact) mass is 1560 g/mol. The van der Waals surface area contributed by atoms with Crippen molar-refractivity contribution in [3.63, 3.8) is 0 Å². The molecule has 49 nitrogen and oxygen atoms in total. The number of hydrogen-bond acceptors (Lipinski definition) is 42. The summed E-state index contributed by atoms with van der Waals surface area (Å²) in [6, 6.07) is -7.73. The van der Waals surface area contributed by atoms with Crippen LogP contribution in [0.4, 0.5) is 0 Å². The number of aliphatic hydroxyl groups is 18. The number of aliphatic carboxylic acids is 1. The van der Waals surface area contributed by atoms with Crippen molar-refractivity contribution in [2.24, 2.45) is 0 Å². The van der Waals surface area contributed by atoms with Crippen LogP contribution in [-0.4, -0.2) is 419 Å². The zero-order chi connectivity index (χ0) is 77.7. The van der Waals surface area contributed by atoms with Crippen molar-refractivity contribution in [2.45, 2.75) is 254 Å². The largest absolute Gasteiger partial charge is 0.477 e. The molecule has 0 aromatic rings. The minimum atomic E-state index is -5.53. The molecule has 7 fully saturated rings. The van der Waals surface area contributed by atoms with Gasteiger partial charge in [0, 0.05) is 34.1 Å². The van der Waals surface area contributed by atoms with Crippen LogP contribution in [0.5, 0.6) is 0 Å². The first-order valence-corrected chi connectivity index (χ1v) is 34.3. The van der Waals surface area contributed by atoms with Gasteiger partial charge in [0.05, 0.1) is 58.4 Å². The van der Waals surface area contributed by atoms with Gasteiger partial charge in [-0.25, -0.2) is 13.2 Å². The normalized spacial score (nSPS) is 43.7. The van der Waals surface area contributed by atoms with Crippen molar-refractivity contribution in [1.82, 2.24) is 21.3 Å². The topological polar surface area (TPSA) is 765 Å². The molecule has 0 bridgehead atoms. The molecule has 0 aromatic carbocycles. The highest BCUT2D eigenvalue weighted by atomic mass is 32.3. The number of nitrogens with one attached hydrogen (secondary N) is 4. The zero-order valence-electron chi connectivity index (χ0n) is 54.9. The standard InChI is InChI=1S/C53H88N4O45S2/c1-13(62)54-25-17(66)5-53(52(80)81,101-43(25)29(68)18(67)6-58)102-45-32(71)21(9-61)94-51(39(45)78)99-42-28(57-16(4)65)46(79)91-22(33(42)72)10-88-47-26(55-14(2)63)34(73)40(23(95-47)11-89-103(82,83)84)98-50-38(77)44(31(70)20(8-60)93-50)100-48-27(56-15(3)64)35(74)41(24(96-48)12-90-104(85,86)87)97-49-37(76)36(75)30(69)19(7-59)92-49/h17-51,58-61,66-79H,5-12H2,1-4H3,(H,54,62)(H,55,63)(H,56,64)(H,57,65)(H,80,81)(H,82,83,84)(H,85,86,87)/t17-,18+,19+,20+,21+,22+,23+,24+,25+,26+,27+,28+,29+,30-,31-,32-,33-,34+,35+,36-,37+,38+,39+,40+,41+,42+,43+,44-,45-,46?,47+,48-,49-,50-,51-,53-/m0/s1. The van der Waals surface area contributed by atoms with Crippen LogP contribution in [0.2, 0.25) is 0 Å². The van der Waals surface area contributed by atoms with Crippen molar-refractivity contribution in [1.29, 1.82) is 0 Å². The van der Waals surface area contributed by atoms with Crippen molar-refractivity contribution in [2.75, 3.05) is 46.2 Å². The van der Waals surface area contributed by atoms with Crippen LogP contribution in [0.15, 0.2) is 0 Å². The maximum absolute atomic E-state index is 13.1. The Balaban J connectivity index is 1.14. The van der Waals surface area contributed by atoms with Crippen molar-refractivity contribution in [3.8, 4) is 0 Å². The Labute approximate surface area is 587 Å². The van der Waals surface area contributed by atoms with E-state index in [2.05, 4.69) is 29.6 Å². The maximum Gasteiger partial charge on any atom is 0.397 e. The average molecular weight is 1570 g/mol. The van der Waals surface area contributed by atoms with Gasteiger partial charge in [0.25, 0.3) is 5.79 Å². The fraction of sp³-hybridized carbons (Fsp3) is 0.906. The third kappa shape index (κ3) is 20.8. The smallest absolute Gasteiger partial charge is 0.397 e. The second-order valence-corrected chi connectivity index (χ2v) is 27.2. The van der Waals surface area contributed by atoms with Crippen LogP contribution in [0.25, 0.3) is 0 Å². The Kier molecular flexibility index (Phi) is 30.6. The van der Waals surface area contributed by atoms with Crippen LogP contribution in [0.1, 0.15) is 34.1 Å². The van der Waals surface area contributed by atoms with E-state index in [4.69, 9.17) is 61.6 Å². The number of rotatable bonds is 30. The summed E-state index contributed by atoms with van der Waals surface area (Å²) in [4.78, 5) is 63.5. The summed E-state index contributed by atoms with van der Waals surface area (Å²) >= 11 is 0. The fourth-order valence-corrected chi connectivity index (χ4v) is 13.1. The molecule has 7 aliphatic rings. The van der Waals surface area contributed by atoms with Crippen LogP contribution in [-0.2, 0) is 115 Å². The highest BCUT2D eigenvalue weighted by Gasteiger charge is 2.62. The van der Waals surface area contributed by atoms with E-state index in [0.717, 1.165) is 27.7 Å². The molecule has 4 amide bonds. The number of carbonyl (C=O) groups excluding carboxylic acids is 4. The highest BCUT2D eigenvalue weighted by Crippen LogP contribution is 2.40. The maximum atomic E-state index is 13.1. The van der Waals surface area contributed by atoms with Gasteiger partial charge in [-0.1, -0.05) is 0 Å². The van der Waals surface area contributed by atoms with Crippen LogP contribution < -0.4 is 21.3 Å². The van der Waals surface area contributed by atoms with Gasteiger partial charge in [-0.05, 0) is 0 Å². The minimum Gasteiger partial charge on any atom is -0.477 e. The lowest BCUT2D eigenvalue weighted by Crippen LogP contribution is -2.71. The Morgan fingerprint density at radius 1 is 0.442 bits per heavy atom. The summed E-state index contributed by atoms with van der Waals surface area (Å²) < 4.78 is 151. The molecule has 0 spiro atoms. The molecule has 25 N–H and O–H groups in total. The molecule has 1 unspecified atom stereocenters. The first-order chi connectivity index (χ1) is 48.5. The summed E-state index contributed by atoms with van der Waals surface area (Å²) in [5.74, 6) is -9.33. The van der Waals surface area contributed by atoms with Gasteiger partial charge in [-0.2, -0.15) is 16.8 Å². The predicted octanol–water partition coefficient (Wildman–Crippen LogP) is -16.8. The van der Waals surface area contributed by atoms with E-state index in [-0.39, 0.29) is 0 Å². The van der Waals surface area contributed by atoms with Gasteiger partial charge in [-0.15, -0.1) is 0 Å². The Morgan fingerprint density at radius 3 is 1.30 bits per heavy atom. The molecule has 7 saturated heterocycles. The number of amides is 4. The molecule has 7 aliphatic heterocycles. The summed E-state index contributed by atoms with van der Waals surface area (Å²) in [7, 11) is -11.0. The van der Waals surface area contributed by atoms with Gasteiger partial charge in [0.1, 0.15) is 165 Å². The number of carbonyl (C=O) groups is 5. The first kappa shape index (κ1) is 87.1. The lowest BCUT2D eigenvalue weighted by Gasteiger charge is -2.51. The Morgan fingerprint density at radius 2 is 0.837 bits per heavy atom. The van der Waals surface area contributed by atoms with E-state index in [1.54, 1.807) is 0 Å². The van der Waals surface area contributed by atoms with E-state index < -0.39 is 323 Å². The van der Waals surface area contributed by atoms with Gasteiger partial charge in [-0.3, -0.25) is 28.3 Å². The quantitative estimate of drug-likeness (QED) is 0.0297. The van der Waals surface area contributed by atoms with Crippen molar-refractivity contribution in [3.05, 3.63) is 0 Å². The van der Waals surface area contributed by atoms with E-state index in [1.807, 2.05) is 0 Å². The number of carboxylic acid groups (broad SMARTS) is 1. The molecule has 7 rings (SSSR count). The van der Waals surface area contributed by atoms with Crippen LogP contribution >= 0.6 is 0 Å². The van der Waals surface area contributed by atoms with Crippen LogP contribution in [0.3, 0.4) is 0 Å². The van der Waals surface area contributed by atoms with Gasteiger partial charge >= 0.3 is 26.8 Å². The molecule has 0 aliphatic carbocycles.